The second kappa shape index (κ2) is 7.53. The molecule has 0 radical (unpaired) electrons. The Morgan fingerprint density at radius 2 is 2.05 bits per heavy atom. The third kappa shape index (κ3) is 5.09. The summed E-state index contributed by atoms with van der Waals surface area (Å²) < 4.78 is 0.868. The maximum atomic E-state index is 11.9. The highest BCUT2D eigenvalue weighted by molar-refractivity contribution is 9.10. The highest BCUT2D eigenvalue weighted by Crippen LogP contribution is 2.17. The van der Waals surface area contributed by atoms with Gasteiger partial charge in [-0.05, 0) is 17.7 Å². The van der Waals surface area contributed by atoms with E-state index in [-0.39, 0.29) is 19.0 Å². The molecule has 5 heteroatoms. The van der Waals surface area contributed by atoms with Crippen molar-refractivity contribution >= 4 is 33.9 Å². The molecule has 0 atom stereocenters. The molecule has 0 aliphatic heterocycles. The fourth-order valence-electron chi connectivity index (χ4n) is 1.43. The van der Waals surface area contributed by atoms with E-state index in [9.17, 15) is 9.59 Å². The molecule has 1 amide bonds. The first-order valence-electron chi connectivity index (χ1n) is 5.58. The van der Waals surface area contributed by atoms with E-state index in [4.69, 9.17) is 5.11 Å². The first kappa shape index (κ1) is 15.2. The van der Waals surface area contributed by atoms with Gasteiger partial charge in [-0.2, -0.15) is 0 Å². The number of nitrogens with zero attached hydrogens (tertiary/aromatic N) is 1. The molecule has 0 aliphatic rings. The summed E-state index contributed by atoms with van der Waals surface area (Å²) in [5, 5.41) is 8.73. The molecule has 19 heavy (non-hydrogen) atoms. The number of hydrogen-bond donors (Lipinski definition) is 1. The Labute approximate surface area is 120 Å². The standard InChI is InChI=1S/C14H14BrNO3/c1-2-9-16(10-14(18)19)13(17)8-7-11-5-3-4-6-12(11)15/h2-8H,1,9-10H2,(H,18,19). The van der Waals surface area contributed by atoms with Crippen LogP contribution in [-0.4, -0.2) is 35.0 Å². The zero-order valence-corrected chi connectivity index (χ0v) is 11.8. The third-order valence-corrected chi connectivity index (χ3v) is 3.02. The summed E-state index contributed by atoms with van der Waals surface area (Å²) in [7, 11) is 0. The summed E-state index contributed by atoms with van der Waals surface area (Å²) in [5.41, 5.74) is 0.852. The predicted molar refractivity (Wildman–Crippen MR) is 77.6 cm³/mol. The lowest BCUT2D eigenvalue weighted by Crippen LogP contribution is -2.34. The molecular formula is C14H14BrNO3. The van der Waals surface area contributed by atoms with E-state index in [0.717, 1.165) is 10.0 Å². The lowest BCUT2D eigenvalue weighted by Gasteiger charge is -2.16. The summed E-state index contributed by atoms with van der Waals surface area (Å²) in [6.45, 7) is 3.36. The summed E-state index contributed by atoms with van der Waals surface area (Å²) in [6, 6.07) is 7.44. The zero-order chi connectivity index (χ0) is 14.3. The molecule has 0 fully saturated rings. The molecule has 1 rings (SSSR count). The second-order valence-electron chi connectivity index (χ2n) is 3.76. The highest BCUT2D eigenvalue weighted by atomic mass is 79.9. The van der Waals surface area contributed by atoms with E-state index in [0.29, 0.717) is 0 Å². The molecule has 0 bridgehead atoms. The number of rotatable bonds is 6. The Kier molecular flexibility index (Phi) is 6.02. The molecule has 1 N–H and O–H groups in total. The topological polar surface area (TPSA) is 57.6 Å². The molecule has 0 unspecified atom stereocenters. The van der Waals surface area contributed by atoms with Crippen molar-refractivity contribution in [2.24, 2.45) is 0 Å². The number of aliphatic carboxylic acids is 1. The van der Waals surface area contributed by atoms with Crippen LogP contribution in [0.1, 0.15) is 5.56 Å². The molecular weight excluding hydrogens is 310 g/mol. The number of carbonyl (C=O) groups is 2. The van der Waals surface area contributed by atoms with E-state index in [1.807, 2.05) is 24.3 Å². The Bertz CT molecular complexity index is 511. The average Bonchev–Trinajstić information content (AvgIpc) is 2.36. The van der Waals surface area contributed by atoms with E-state index in [1.54, 1.807) is 6.08 Å². The Hall–Kier alpha value is -1.88. The maximum Gasteiger partial charge on any atom is 0.323 e. The highest BCUT2D eigenvalue weighted by Gasteiger charge is 2.12. The first-order valence-corrected chi connectivity index (χ1v) is 6.38. The molecule has 0 saturated heterocycles. The number of carbonyl (C=O) groups excluding carboxylic acids is 1. The van der Waals surface area contributed by atoms with Gasteiger partial charge in [0.15, 0.2) is 0 Å². The quantitative estimate of drug-likeness (QED) is 0.646. The number of hydrogen-bond acceptors (Lipinski definition) is 2. The van der Waals surface area contributed by atoms with Crippen LogP contribution in [0.25, 0.3) is 6.08 Å². The molecule has 4 nitrogen and oxygen atoms in total. The van der Waals surface area contributed by atoms with Gasteiger partial charge in [0.25, 0.3) is 0 Å². The van der Waals surface area contributed by atoms with Gasteiger partial charge in [-0.1, -0.05) is 40.2 Å². The monoisotopic (exact) mass is 323 g/mol. The second-order valence-corrected chi connectivity index (χ2v) is 4.61. The largest absolute Gasteiger partial charge is 0.480 e. The van der Waals surface area contributed by atoms with Gasteiger partial charge in [0.05, 0.1) is 0 Å². The Balaban J connectivity index is 2.78. The van der Waals surface area contributed by atoms with Crippen molar-refractivity contribution in [1.82, 2.24) is 4.90 Å². The lowest BCUT2D eigenvalue weighted by atomic mass is 10.2. The van der Waals surface area contributed by atoms with Gasteiger partial charge in [0, 0.05) is 17.1 Å². The molecule has 0 aromatic heterocycles. The maximum absolute atomic E-state index is 11.9. The number of carboxylic acids is 1. The van der Waals surface area contributed by atoms with Crippen LogP contribution in [0.5, 0.6) is 0 Å². The van der Waals surface area contributed by atoms with Crippen molar-refractivity contribution in [2.75, 3.05) is 13.1 Å². The number of carboxylic acid groups (broad SMARTS) is 1. The fraction of sp³-hybridized carbons (Fsp3) is 0.143. The SMILES string of the molecule is C=CCN(CC(=O)O)C(=O)C=Cc1ccccc1Br. The zero-order valence-electron chi connectivity index (χ0n) is 10.3. The minimum Gasteiger partial charge on any atom is -0.480 e. The summed E-state index contributed by atoms with van der Waals surface area (Å²) in [6.07, 6.45) is 4.49. The lowest BCUT2D eigenvalue weighted by molar-refractivity contribution is -0.142. The van der Waals surface area contributed by atoms with Gasteiger partial charge in [-0.25, -0.2) is 0 Å². The summed E-state index contributed by atoms with van der Waals surface area (Å²) >= 11 is 3.37. The van der Waals surface area contributed by atoms with Gasteiger partial charge >= 0.3 is 5.97 Å². The van der Waals surface area contributed by atoms with Crippen LogP contribution in [0, 0.1) is 0 Å². The minimum atomic E-state index is -1.05. The molecule has 100 valence electrons. The van der Waals surface area contributed by atoms with Gasteiger partial charge < -0.3 is 10.0 Å². The molecule has 0 aliphatic carbocycles. The predicted octanol–water partition coefficient (Wildman–Crippen LogP) is 2.56. The number of halogens is 1. The summed E-state index contributed by atoms with van der Waals surface area (Å²) in [5.74, 6) is -1.41. The fourth-order valence-corrected chi connectivity index (χ4v) is 1.85. The van der Waals surface area contributed by atoms with Crippen LogP contribution < -0.4 is 0 Å². The van der Waals surface area contributed by atoms with Gasteiger partial charge in [-0.15, -0.1) is 6.58 Å². The van der Waals surface area contributed by atoms with Crippen LogP contribution >= 0.6 is 15.9 Å². The van der Waals surface area contributed by atoms with E-state index in [2.05, 4.69) is 22.5 Å². The van der Waals surface area contributed by atoms with E-state index >= 15 is 0 Å². The minimum absolute atomic E-state index is 0.200. The molecule has 1 aromatic carbocycles. The van der Waals surface area contributed by atoms with Crippen molar-refractivity contribution in [2.45, 2.75) is 0 Å². The van der Waals surface area contributed by atoms with Crippen molar-refractivity contribution in [1.29, 1.82) is 0 Å². The molecule has 0 spiro atoms. The third-order valence-electron chi connectivity index (χ3n) is 2.30. The smallest absolute Gasteiger partial charge is 0.323 e. The van der Waals surface area contributed by atoms with Crippen molar-refractivity contribution in [3.8, 4) is 0 Å². The Morgan fingerprint density at radius 3 is 2.63 bits per heavy atom. The van der Waals surface area contributed by atoms with Crippen molar-refractivity contribution in [3.63, 3.8) is 0 Å². The van der Waals surface area contributed by atoms with E-state index in [1.165, 1.54) is 17.1 Å². The van der Waals surface area contributed by atoms with Crippen molar-refractivity contribution < 1.29 is 14.7 Å². The van der Waals surface area contributed by atoms with E-state index < -0.39 is 5.97 Å². The van der Waals surface area contributed by atoms with Crippen LogP contribution in [0.2, 0.25) is 0 Å². The van der Waals surface area contributed by atoms with Crippen LogP contribution in [0.4, 0.5) is 0 Å². The van der Waals surface area contributed by atoms with Crippen LogP contribution in [0.3, 0.4) is 0 Å². The van der Waals surface area contributed by atoms with Crippen LogP contribution in [-0.2, 0) is 9.59 Å². The molecule has 0 heterocycles. The van der Waals surface area contributed by atoms with Crippen molar-refractivity contribution in [3.05, 3.63) is 53.0 Å². The number of amides is 1. The average molecular weight is 324 g/mol. The molecule has 1 aromatic rings. The number of benzene rings is 1. The molecule has 0 saturated carbocycles. The first-order chi connectivity index (χ1) is 9.04. The van der Waals surface area contributed by atoms with Gasteiger partial charge in [0.2, 0.25) is 5.91 Å². The summed E-state index contributed by atoms with van der Waals surface area (Å²) in [4.78, 5) is 23.7. The van der Waals surface area contributed by atoms with Gasteiger partial charge in [-0.3, -0.25) is 9.59 Å². The normalized spacial score (nSPS) is 10.4. The Morgan fingerprint density at radius 1 is 1.37 bits per heavy atom. The van der Waals surface area contributed by atoms with Crippen LogP contribution in [0.15, 0.2) is 47.5 Å². The van der Waals surface area contributed by atoms with Gasteiger partial charge in [0.1, 0.15) is 6.54 Å².